The van der Waals surface area contributed by atoms with Gasteiger partial charge >= 0.3 is 5.97 Å². The fourth-order valence-electron chi connectivity index (χ4n) is 6.01. The van der Waals surface area contributed by atoms with Crippen LogP contribution in [0, 0.1) is 5.92 Å². The van der Waals surface area contributed by atoms with Gasteiger partial charge in [0.2, 0.25) is 5.91 Å². The molecule has 1 saturated carbocycles. The molecule has 0 spiro atoms. The summed E-state index contributed by atoms with van der Waals surface area (Å²) in [5, 5.41) is 10.5. The third-order valence-corrected chi connectivity index (χ3v) is 8.40. The summed E-state index contributed by atoms with van der Waals surface area (Å²) in [7, 11) is 0. The first-order chi connectivity index (χ1) is 20.7. The number of alkyl halides is 2. The number of amides is 1. The topological polar surface area (TPSA) is 125 Å². The van der Waals surface area contributed by atoms with Crippen LogP contribution in [-0.2, 0) is 20.7 Å². The molecule has 3 atom stereocenters. The van der Waals surface area contributed by atoms with E-state index in [9.17, 15) is 28.0 Å². The Labute approximate surface area is 247 Å². The summed E-state index contributed by atoms with van der Waals surface area (Å²) in [5.74, 6) is -1.32. The van der Waals surface area contributed by atoms with Gasteiger partial charge in [0.25, 0.3) is 12.0 Å². The second kappa shape index (κ2) is 10.2. The Morgan fingerprint density at radius 2 is 1.93 bits per heavy atom. The molecular formula is C30H22ClF2N5O5. The standard InChI is InChI=1S/C30H22ClF2N5O5/c31-17-3-5-23(37-12-22(29(32)33)35-36-37)18(10-17)16-8-24-19-11-20(19)28(38(24)27(41)9-16)30(42)43-13-25(39)15-1-4-21-14(7-15)2-6-26(40)34-21/h1,3-5,7-10,12,19-20,28-29H,2,6,11,13H2,(H,34,40)/t19-,20+,28+/m1/s1. The predicted octanol–water partition coefficient (Wildman–Crippen LogP) is 4.66. The summed E-state index contributed by atoms with van der Waals surface area (Å²) >= 11 is 6.26. The molecule has 4 heterocycles. The van der Waals surface area contributed by atoms with E-state index < -0.39 is 42.1 Å². The van der Waals surface area contributed by atoms with Gasteiger partial charge in [0.05, 0.1) is 11.9 Å². The van der Waals surface area contributed by atoms with E-state index in [2.05, 4.69) is 15.6 Å². The van der Waals surface area contributed by atoms with Crippen molar-refractivity contribution in [2.45, 2.75) is 37.6 Å². The van der Waals surface area contributed by atoms with Crippen LogP contribution < -0.4 is 10.9 Å². The highest BCUT2D eigenvalue weighted by atomic mass is 35.5. The highest BCUT2D eigenvalue weighted by molar-refractivity contribution is 6.31. The number of pyridine rings is 1. The molecule has 10 nitrogen and oxygen atoms in total. The van der Waals surface area contributed by atoms with Gasteiger partial charge in [-0.1, -0.05) is 16.8 Å². The van der Waals surface area contributed by atoms with Gasteiger partial charge in [-0.2, -0.15) is 0 Å². The van der Waals surface area contributed by atoms with Gasteiger partial charge < -0.3 is 10.1 Å². The van der Waals surface area contributed by atoms with Crippen molar-refractivity contribution in [1.82, 2.24) is 19.6 Å². The summed E-state index contributed by atoms with van der Waals surface area (Å²) in [4.78, 5) is 51.1. The van der Waals surface area contributed by atoms with E-state index in [0.29, 0.717) is 58.0 Å². The van der Waals surface area contributed by atoms with Crippen LogP contribution >= 0.6 is 11.6 Å². The number of esters is 1. The molecule has 218 valence electrons. The molecule has 1 N–H and O–H groups in total. The van der Waals surface area contributed by atoms with E-state index in [0.717, 1.165) is 11.8 Å². The maximum Gasteiger partial charge on any atom is 0.330 e. The minimum Gasteiger partial charge on any atom is -0.456 e. The van der Waals surface area contributed by atoms with Crippen LogP contribution in [0.2, 0.25) is 5.02 Å². The molecule has 4 aromatic rings. The van der Waals surface area contributed by atoms with Crippen molar-refractivity contribution in [2.75, 3.05) is 11.9 Å². The highest BCUT2D eigenvalue weighted by Crippen LogP contribution is 2.59. The van der Waals surface area contributed by atoms with Crippen LogP contribution in [0.3, 0.4) is 0 Å². The fourth-order valence-corrected chi connectivity index (χ4v) is 6.18. The van der Waals surface area contributed by atoms with Crippen LogP contribution in [0.4, 0.5) is 14.5 Å². The molecule has 0 radical (unpaired) electrons. The Morgan fingerprint density at radius 3 is 2.72 bits per heavy atom. The first kappa shape index (κ1) is 27.1. The molecule has 2 aromatic heterocycles. The van der Waals surface area contributed by atoms with E-state index in [4.69, 9.17) is 16.3 Å². The number of Topliss-reactive ketones (excluding diaryl/α,β-unsaturated/α-hetero) is 1. The molecule has 7 rings (SSSR count). The van der Waals surface area contributed by atoms with E-state index in [-0.39, 0.29) is 17.7 Å². The van der Waals surface area contributed by atoms with Crippen LogP contribution in [0.15, 0.2) is 59.5 Å². The zero-order valence-corrected chi connectivity index (χ0v) is 23.1. The lowest BCUT2D eigenvalue weighted by Crippen LogP contribution is -2.32. The quantitative estimate of drug-likeness (QED) is 0.240. The van der Waals surface area contributed by atoms with Crippen molar-refractivity contribution in [3.05, 3.63) is 92.6 Å². The number of benzene rings is 2. The highest BCUT2D eigenvalue weighted by Gasteiger charge is 2.56. The molecule has 3 aliphatic rings. The van der Waals surface area contributed by atoms with Gasteiger partial charge in [-0.05, 0) is 72.4 Å². The Morgan fingerprint density at radius 1 is 1.09 bits per heavy atom. The van der Waals surface area contributed by atoms with E-state index in [1.807, 2.05) is 0 Å². The lowest BCUT2D eigenvalue weighted by Gasteiger charge is -2.19. The predicted molar refractivity (Wildman–Crippen MR) is 150 cm³/mol. The summed E-state index contributed by atoms with van der Waals surface area (Å²) in [5.41, 5.74) is 2.95. The monoisotopic (exact) mass is 605 g/mol. The number of nitrogens with zero attached hydrogens (tertiary/aromatic N) is 4. The number of ether oxygens (including phenoxy) is 1. The van der Waals surface area contributed by atoms with Crippen LogP contribution in [0.5, 0.6) is 0 Å². The molecule has 0 unspecified atom stereocenters. The number of hydrogen-bond acceptors (Lipinski definition) is 7. The zero-order valence-electron chi connectivity index (χ0n) is 22.3. The Kier molecular flexibility index (Phi) is 6.46. The molecule has 2 aliphatic heterocycles. The number of carbonyl (C=O) groups excluding carboxylic acids is 3. The maximum atomic E-state index is 13.4. The summed E-state index contributed by atoms with van der Waals surface area (Å²) in [6.45, 7) is -0.482. The molecule has 1 fully saturated rings. The minimum atomic E-state index is -2.80. The van der Waals surface area contributed by atoms with Gasteiger partial charge in [-0.25, -0.2) is 18.3 Å². The van der Waals surface area contributed by atoms with Crippen molar-refractivity contribution in [1.29, 1.82) is 0 Å². The number of rotatable bonds is 7. The smallest absolute Gasteiger partial charge is 0.330 e. The zero-order chi connectivity index (χ0) is 30.0. The number of nitrogens with one attached hydrogen (secondary N) is 1. The van der Waals surface area contributed by atoms with Gasteiger partial charge in [-0.3, -0.25) is 19.0 Å². The van der Waals surface area contributed by atoms with Crippen molar-refractivity contribution in [3.63, 3.8) is 0 Å². The molecular weight excluding hydrogens is 584 g/mol. The van der Waals surface area contributed by atoms with E-state index in [1.165, 1.54) is 15.3 Å². The number of carbonyl (C=O) groups is 3. The van der Waals surface area contributed by atoms with Crippen molar-refractivity contribution in [3.8, 4) is 16.8 Å². The van der Waals surface area contributed by atoms with Gasteiger partial charge in [0, 0.05) is 45.9 Å². The summed E-state index contributed by atoms with van der Waals surface area (Å²) in [6.07, 6.45) is -0.157. The maximum absolute atomic E-state index is 13.4. The second-order valence-electron chi connectivity index (χ2n) is 10.8. The van der Waals surface area contributed by atoms with Gasteiger partial charge in [0.1, 0.15) is 11.7 Å². The molecule has 1 amide bonds. The summed E-state index contributed by atoms with van der Waals surface area (Å²) < 4.78 is 34.3. The average Bonchev–Trinajstić information content (AvgIpc) is 3.46. The van der Waals surface area contributed by atoms with E-state index >= 15 is 0 Å². The first-order valence-corrected chi connectivity index (χ1v) is 14.0. The van der Waals surface area contributed by atoms with E-state index in [1.54, 1.807) is 42.5 Å². The van der Waals surface area contributed by atoms with Gasteiger partial charge in [0.15, 0.2) is 12.4 Å². The van der Waals surface area contributed by atoms with Crippen LogP contribution in [-0.4, -0.2) is 43.8 Å². The number of ketones is 1. The number of hydrogen-bond donors (Lipinski definition) is 1. The third-order valence-electron chi connectivity index (χ3n) is 8.16. The van der Waals surface area contributed by atoms with Crippen molar-refractivity contribution < 1.29 is 27.9 Å². The number of halogens is 3. The normalized spacial score (nSPS) is 19.8. The molecule has 0 saturated heterocycles. The van der Waals surface area contributed by atoms with Crippen molar-refractivity contribution >= 4 is 34.9 Å². The molecule has 2 aromatic carbocycles. The van der Waals surface area contributed by atoms with Gasteiger partial charge in [-0.15, -0.1) is 5.10 Å². The number of fused-ring (bicyclic) bond motifs is 4. The molecule has 0 bridgehead atoms. The number of aromatic nitrogens is 4. The molecule has 13 heteroatoms. The Balaban J connectivity index is 1.13. The Bertz CT molecular complexity index is 1900. The minimum absolute atomic E-state index is 0.0452. The molecule has 43 heavy (non-hydrogen) atoms. The largest absolute Gasteiger partial charge is 0.456 e. The lowest BCUT2D eigenvalue weighted by molar-refractivity contribution is -0.147. The summed E-state index contributed by atoms with van der Waals surface area (Å²) in [6, 6.07) is 12.0. The first-order valence-electron chi connectivity index (χ1n) is 13.6. The number of aryl methyl sites for hydroxylation is 1. The third kappa shape index (κ3) is 4.81. The van der Waals surface area contributed by atoms with Crippen LogP contribution in [0.25, 0.3) is 16.8 Å². The Hall–Kier alpha value is -4.71. The van der Waals surface area contributed by atoms with Crippen molar-refractivity contribution in [2.24, 2.45) is 5.92 Å². The lowest BCUT2D eigenvalue weighted by atomic mass is 9.99. The SMILES string of the molecule is O=C1CCc2cc(C(=O)COC(=O)[C@@H]3[C@H]4C[C@H]4c4cc(-c5cc(Cl)ccc5-n5cc(C(F)F)nn5)cc(=O)n43)ccc2N1. The second-order valence-corrected chi connectivity index (χ2v) is 11.3. The van der Waals surface area contributed by atoms with Crippen LogP contribution in [0.1, 0.15) is 58.5 Å². The molecule has 1 aliphatic carbocycles. The number of anilines is 1. The fraction of sp³-hybridized carbons (Fsp3) is 0.267. The average molecular weight is 606 g/mol.